The zero-order valence-electron chi connectivity index (χ0n) is 47.0. The maximum atomic E-state index is 13.6. The molecule has 4 aliphatic carbocycles. The Labute approximate surface area is 484 Å². The number of aliphatic hydroxyl groups is 14. The minimum absolute atomic E-state index is 0.00780. The highest BCUT2D eigenvalue weighted by Gasteiger charge is 2.57. The van der Waals surface area contributed by atoms with Gasteiger partial charge >= 0.3 is 11.9 Å². The predicted octanol–water partition coefficient (Wildman–Crippen LogP) is -4.59. The molecule has 7 fully saturated rings. The van der Waals surface area contributed by atoms with Gasteiger partial charge in [-0.3, -0.25) is 0 Å². The summed E-state index contributed by atoms with van der Waals surface area (Å²) in [6, 6.07) is 0. The Balaban J connectivity index is 1.10. The van der Waals surface area contributed by atoms with Crippen molar-refractivity contribution in [1.82, 2.24) is 0 Å². The maximum Gasteiger partial charge on any atom is 0.331 e. The van der Waals surface area contributed by atoms with E-state index in [1.54, 1.807) is 6.08 Å². The molecule has 0 radical (unpaired) electrons. The van der Waals surface area contributed by atoms with Gasteiger partial charge in [0.1, 0.15) is 86.0 Å². The van der Waals surface area contributed by atoms with Crippen LogP contribution >= 0.6 is 0 Å². The van der Waals surface area contributed by atoms with Crippen molar-refractivity contribution < 1.29 is 143 Å². The van der Waals surface area contributed by atoms with Crippen LogP contribution in [0.25, 0.3) is 0 Å². The molecule has 0 bridgehead atoms. The van der Waals surface area contributed by atoms with E-state index in [-0.39, 0.29) is 62.4 Å². The fourth-order valence-corrected chi connectivity index (χ4v) is 12.7. The average Bonchev–Trinajstić information content (AvgIpc) is 1.95. The first-order valence-corrected chi connectivity index (χ1v) is 28.4. The lowest BCUT2D eigenvalue weighted by Gasteiger charge is -2.53. The number of ether oxygens (including phenoxy) is 13. The van der Waals surface area contributed by atoms with E-state index in [0.29, 0.717) is 18.4 Å². The zero-order chi connectivity index (χ0) is 60.8. The largest absolute Gasteiger partial charge is 0.506 e. The molecular weight excluding hydrogens is 1120 g/mol. The summed E-state index contributed by atoms with van der Waals surface area (Å²) in [7, 11) is 5.56. The normalized spacial score (nSPS) is 45.9. The second-order valence-corrected chi connectivity index (χ2v) is 22.8. The number of allylic oxidation sites excluding steroid dienone is 3. The average molecular weight is 1210 g/mol. The first-order chi connectivity index (χ1) is 40.1. The third-order valence-corrected chi connectivity index (χ3v) is 17.5. The molecular formula is C55H84O29. The summed E-state index contributed by atoms with van der Waals surface area (Å²) in [6.45, 7) is -2.40. The summed E-state index contributed by atoms with van der Waals surface area (Å²) < 4.78 is 76.9. The highest BCUT2D eigenvalue weighted by molar-refractivity contribution is 5.83. The van der Waals surface area contributed by atoms with Gasteiger partial charge < -0.3 is 133 Å². The number of aliphatic hydroxyl groups excluding tert-OH is 14. The third-order valence-electron chi connectivity index (χ3n) is 17.5. The van der Waals surface area contributed by atoms with Gasteiger partial charge in [0.25, 0.3) is 0 Å². The van der Waals surface area contributed by atoms with E-state index in [0.717, 1.165) is 12.2 Å². The highest BCUT2D eigenvalue weighted by Crippen LogP contribution is 2.46. The van der Waals surface area contributed by atoms with Gasteiger partial charge in [-0.15, -0.1) is 0 Å². The molecule has 29 nitrogen and oxygen atoms in total. The van der Waals surface area contributed by atoms with Crippen molar-refractivity contribution in [2.24, 2.45) is 17.8 Å². The van der Waals surface area contributed by atoms with E-state index in [1.165, 1.54) is 40.6 Å². The van der Waals surface area contributed by atoms with Crippen molar-refractivity contribution in [2.75, 3.05) is 48.3 Å². The van der Waals surface area contributed by atoms with E-state index in [4.69, 9.17) is 61.6 Å². The van der Waals surface area contributed by atoms with E-state index >= 15 is 0 Å². The fraction of sp³-hybridized carbons (Fsp3) is 0.818. The van der Waals surface area contributed by atoms with Gasteiger partial charge in [0.15, 0.2) is 36.5 Å². The molecule has 3 saturated carbocycles. The summed E-state index contributed by atoms with van der Waals surface area (Å²) in [5.41, 5.74) is 0.437. The molecule has 478 valence electrons. The molecule has 4 heterocycles. The number of hydrogen-bond donors (Lipinski definition) is 14. The molecule has 14 N–H and O–H groups in total. The number of fused-ring (bicyclic) bond motifs is 1. The van der Waals surface area contributed by atoms with Gasteiger partial charge in [-0.2, -0.15) is 0 Å². The quantitative estimate of drug-likeness (QED) is 0.0403. The van der Waals surface area contributed by atoms with Crippen LogP contribution in [0.1, 0.15) is 57.8 Å². The van der Waals surface area contributed by atoms with Crippen LogP contribution in [0, 0.1) is 17.8 Å². The van der Waals surface area contributed by atoms with Crippen molar-refractivity contribution in [2.45, 2.75) is 217 Å². The van der Waals surface area contributed by atoms with Crippen LogP contribution in [-0.4, -0.2) is 291 Å². The molecule has 8 aliphatic rings. The lowest BCUT2D eigenvalue weighted by Crippen LogP contribution is -2.66. The SMILES string of the molecule is COC1=C(O)C(OC)CC(C=CC(=O)OC2C(OC3C(OC4CC5C(OC6OC(CO)C(O)C(O)C6O)CC(O)CC5OC4C4CCC(O)C(O)C4)OC(COC(=O)C=CC4CC(OC)C(O)C(OC)C4)C(O)C3O)OC(CO)C(O)C2O)=C1. The van der Waals surface area contributed by atoms with Crippen LogP contribution in [0.2, 0.25) is 0 Å². The van der Waals surface area contributed by atoms with Gasteiger partial charge in [-0.05, 0) is 68.4 Å². The van der Waals surface area contributed by atoms with E-state index in [9.17, 15) is 81.1 Å². The molecule has 27 atom stereocenters. The first kappa shape index (κ1) is 66.5. The van der Waals surface area contributed by atoms with Crippen LogP contribution in [0.15, 0.2) is 47.5 Å². The van der Waals surface area contributed by atoms with Crippen molar-refractivity contribution in [1.29, 1.82) is 0 Å². The Hall–Kier alpha value is -3.42. The van der Waals surface area contributed by atoms with Crippen molar-refractivity contribution >= 4 is 11.9 Å². The second-order valence-electron chi connectivity index (χ2n) is 22.8. The molecule has 4 saturated heterocycles. The molecule has 84 heavy (non-hydrogen) atoms. The standard InChI is InChI=1S/C55H84O29/c1-72-31-11-22(12-32(73-2)41(31)63)5-9-39(61)76-21-38-45(67)48(70)52(84-55-51(47(69)44(66)37(20-57)81-55)83-40(62)10-6-23-13-33(74-3)42(64)34(14-23)75-4)54(82-38)79-35-18-26-29(77-50(35)24-7-8-27(59)28(60)15-24)16-25(58)17-30(26)78-53-49(71)46(68)43(65)36(19-56)80-53/h5-6,9-10,13,22,24-32,34-38,41,43-60,63-71H,7-8,11-12,14-21H2,1-4H3. The highest BCUT2D eigenvalue weighted by atomic mass is 16.8. The fourth-order valence-electron chi connectivity index (χ4n) is 12.7. The van der Waals surface area contributed by atoms with Crippen LogP contribution < -0.4 is 0 Å². The summed E-state index contributed by atoms with van der Waals surface area (Å²) >= 11 is 0. The van der Waals surface area contributed by atoms with Crippen LogP contribution in [0.4, 0.5) is 0 Å². The van der Waals surface area contributed by atoms with Crippen LogP contribution in [0.3, 0.4) is 0 Å². The Morgan fingerprint density at radius 3 is 1.85 bits per heavy atom. The summed E-state index contributed by atoms with van der Waals surface area (Å²) in [4.78, 5) is 27.0. The van der Waals surface area contributed by atoms with Crippen molar-refractivity contribution in [3.05, 3.63) is 47.5 Å². The Morgan fingerprint density at radius 1 is 0.583 bits per heavy atom. The van der Waals surface area contributed by atoms with Gasteiger partial charge in [0.2, 0.25) is 0 Å². The number of carbonyl (C=O) groups excluding carboxylic acids is 2. The summed E-state index contributed by atoms with van der Waals surface area (Å²) in [5.74, 6) is -3.77. The van der Waals surface area contributed by atoms with E-state index < -0.39 is 203 Å². The summed E-state index contributed by atoms with van der Waals surface area (Å²) in [6.07, 6.45) is -30.2. The molecule has 0 aromatic carbocycles. The van der Waals surface area contributed by atoms with Gasteiger partial charge in [0, 0.05) is 52.2 Å². The number of methoxy groups -OCH3 is 4. The van der Waals surface area contributed by atoms with Crippen molar-refractivity contribution in [3.63, 3.8) is 0 Å². The van der Waals surface area contributed by atoms with E-state index in [1.807, 2.05) is 0 Å². The minimum atomic E-state index is -2.09. The van der Waals surface area contributed by atoms with Gasteiger partial charge in [-0.1, -0.05) is 12.2 Å². The molecule has 27 unspecified atom stereocenters. The van der Waals surface area contributed by atoms with Crippen LogP contribution in [-0.2, 0) is 71.2 Å². The molecule has 0 aromatic heterocycles. The Morgan fingerprint density at radius 2 is 1.20 bits per heavy atom. The molecule has 8 rings (SSSR count). The number of hydrogen-bond acceptors (Lipinski definition) is 29. The predicted molar refractivity (Wildman–Crippen MR) is 278 cm³/mol. The third kappa shape index (κ3) is 15.2. The minimum Gasteiger partial charge on any atom is -0.506 e. The monoisotopic (exact) mass is 1210 g/mol. The summed E-state index contributed by atoms with van der Waals surface area (Å²) in [5, 5.41) is 153. The van der Waals surface area contributed by atoms with Crippen molar-refractivity contribution in [3.8, 4) is 0 Å². The molecule has 0 spiro atoms. The Bertz CT molecular complexity index is 2250. The lowest BCUT2D eigenvalue weighted by atomic mass is 9.72. The first-order valence-electron chi connectivity index (χ1n) is 28.4. The van der Waals surface area contributed by atoms with Crippen LogP contribution in [0.5, 0.6) is 0 Å². The van der Waals surface area contributed by atoms with Gasteiger partial charge in [-0.25, -0.2) is 9.59 Å². The molecule has 0 aromatic rings. The second kappa shape index (κ2) is 29.7. The number of esters is 2. The van der Waals surface area contributed by atoms with E-state index in [2.05, 4.69) is 0 Å². The maximum absolute atomic E-state index is 13.6. The molecule has 0 amide bonds. The Kier molecular flexibility index (Phi) is 23.5. The van der Waals surface area contributed by atoms with Gasteiger partial charge in [0.05, 0.1) is 75.3 Å². The molecule has 29 heteroatoms. The number of carbonyl (C=O) groups is 2. The number of rotatable bonds is 20. The lowest BCUT2D eigenvalue weighted by molar-refractivity contribution is -0.380. The zero-order valence-corrected chi connectivity index (χ0v) is 47.0. The topological polar surface area (TPSA) is 437 Å². The molecule has 4 aliphatic heterocycles. The smallest absolute Gasteiger partial charge is 0.331 e.